The fourth-order valence-electron chi connectivity index (χ4n) is 2.03. The molecule has 15 heavy (non-hydrogen) atoms. The lowest BCUT2D eigenvalue weighted by Crippen LogP contribution is -2.18. The van der Waals surface area contributed by atoms with E-state index in [0.717, 1.165) is 12.8 Å². The highest BCUT2D eigenvalue weighted by Crippen LogP contribution is 2.48. The van der Waals surface area contributed by atoms with Crippen molar-refractivity contribution in [3.63, 3.8) is 0 Å². The van der Waals surface area contributed by atoms with Gasteiger partial charge >= 0.3 is 5.97 Å². The molecule has 1 N–H and O–H groups in total. The third-order valence-electron chi connectivity index (χ3n) is 3.33. The van der Waals surface area contributed by atoms with Crippen molar-refractivity contribution in [2.75, 3.05) is 0 Å². The number of hydrogen-bond donors (Lipinski definition) is 1. The quantitative estimate of drug-likeness (QED) is 0.822. The summed E-state index contributed by atoms with van der Waals surface area (Å²) in [6.45, 7) is 4.11. The van der Waals surface area contributed by atoms with Crippen LogP contribution in [0, 0.1) is 19.3 Å². The fourth-order valence-corrected chi connectivity index (χ4v) is 2.03. The lowest BCUT2D eigenvalue weighted by molar-refractivity contribution is -0.143. The van der Waals surface area contributed by atoms with Crippen LogP contribution < -0.4 is 0 Å². The molecule has 2 nitrogen and oxygen atoms in total. The van der Waals surface area contributed by atoms with Crippen LogP contribution in [-0.2, 0) is 11.2 Å². The van der Waals surface area contributed by atoms with Gasteiger partial charge in [0, 0.05) is 0 Å². The summed E-state index contributed by atoms with van der Waals surface area (Å²) in [6.07, 6.45) is 2.35. The van der Waals surface area contributed by atoms with Gasteiger partial charge in [0.05, 0.1) is 5.41 Å². The zero-order chi connectivity index (χ0) is 11.1. The molecule has 80 valence electrons. The molecule has 1 aromatic carbocycles. The first kappa shape index (κ1) is 10.2. The maximum atomic E-state index is 11.1. The third-order valence-corrected chi connectivity index (χ3v) is 3.33. The van der Waals surface area contributed by atoms with E-state index in [1.807, 2.05) is 0 Å². The van der Waals surface area contributed by atoms with Crippen LogP contribution in [0.4, 0.5) is 0 Å². The van der Waals surface area contributed by atoms with Gasteiger partial charge in [-0.1, -0.05) is 23.8 Å². The van der Waals surface area contributed by atoms with E-state index >= 15 is 0 Å². The maximum Gasteiger partial charge on any atom is 0.309 e. The normalized spacial score (nSPS) is 17.5. The molecule has 2 heteroatoms. The number of hydrogen-bond acceptors (Lipinski definition) is 1. The van der Waals surface area contributed by atoms with E-state index in [2.05, 4.69) is 32.0 Å². The molecule has 0 amide bonds. The highest BCUT2D eigenvalue weighted by Gasteiger charge is 2.50. The minimum absolute atomic E-state index is 0.444. The largest absolute Gasteiger partial charge is 0.481 e. The van der Waals surface area contributed by atoms with Crippen molar-refractivity contribution >= 4 is 5.97 Å². The Bertz CT molecular complexity index is 403. The van der Waals surface area contributed by atoms with Crippen LogP contribution in [0.1, 0.15) is 29.5 Å². The second kappa shape index (κ2) is 3.37. The van der Waals surface area contributed by atoms with E-state index in [1.165, 1.54) is 16.7 Å². The van der Waals surface area contributed by atoms with Crippen molar-refractivity contribution in [3.8, 4) is 0 Å². The zero-order valence-electron chi connectivity index (χ0n) is 9.21. The topological polar surface area (TPSA) is 37.3 Å². The van der Waals surface area contributed by atoms with Gasteiger partial charge in [-0.05, 0) is 44.2 Å². The van der Waals surface area contributed by atoms with Gasteiger partial charge in [-0.15, -0.1) is 0 Å². The Morgan fingerprint density at radius 3 is 2.53 bits per heavy atom. The molecule has 0 heterocycles. The van der Waals surface area contributed by atoms with E-state index in [1.54, 1.807) is 0 Å². The molecular formula is C13H16O2. The molecule has 0 bridgehead atoms. The van der Waals surface area contributed by atoms with Gasteiger partial charge in [0.1, 0.15) is 0 Å². The number of aryl methyl sites for hydroxylation is 2. The Morgan fingerprint density at radius 1 is 1.40 bits per heavy atom. The number of benzene rings is 1. The first-order valence-electron chi connectivity index (χ1n) is 5.33. The van der Waals surface area contributed by atoms with Gasteiger partial charge in [0.15, 0.2) is 0 Å². The van der Waals surface area contributed by atoms with Gasteiger partial charge in [0.25, 0.3) is 0 Å². The number of carbonyl (C=O) groups is 1. The molecule has 1 saturated carbocycles. The van der Waals surface area contributed by atoms with Gasteiger partial charge in [-0.25, -0.2) is 0 Å². The summed E-state index contributed by atoms with van der Waals surface area (Å²) in [5, 5.41) is 9.11. The lowest BCUT2D eigenvalue weighted by Gasteiger charge is -2.12. The van der Waals surface area contributed by atoms with Crippen LogP contribution in [-0.4, -0.2) is 11.1 Å². The Balaban J connectivity index is 2.21. The minimum Gasteiger partial charge on any atom is -0.481 e. The van der Waals surface area contributed by atoms with Crippen LogP contribution in [0.2, 0.25) is 0 Å². The summed E-state index contributed by atoms with van der Waals surface area (Å²) < 4.78 is 0. The number of carboxylic acid groups (broad SMARTS) is 1. The molecule has 0 unspecified atom stereocenters. The van der Waals surface area contributed by atoms with E-state index < -0.39 is 11.4 Å². The van der Waals surface area contributed by atoms with Crippen LogP contribution >= 0.6 is 0 Å². The number of carboxylic acids is 1. The van der Waals surface area contributed by atoms with Crippen LogP contribution in [0.5, 0.6) is 0 Å². The van der Waals surface area contributed by atoms with Gasteiger partial charge in [-0.2, -0.15) is 0 Å². The Kier molecular flexibility index (Phi) is 2.29. The van der Waals surface area contributed by atoms with Gasteiger partial charge in [0.2, 0.25) is 0 Å². The van der Waals surface area contributed by atoms with Crippen molar-refractivity contribution in [2.24, 2.45) is 5.41 Å². The number of aliphatic carboxylic acids is 1. The second-order valence-corrected chi connectivity index (χ2v) is 4.69. The predicted octanol–water partition coefficient (Wildman–Crippen LogP) is 2.71. The summed E-state index contributed by atoms with van der Waals surface area (Å²) in [7, 11) is 0. The molecule has 0 atom stereocenters. The predicted molar refractivity (Wildman–Crippen MR) is 58.9 cm³/mol. The Labute approximate surface area is 89.9 Å². The molecule has 0 saturated heterocycles. The van der Waals surface area contributed by atoms with Crippen molar-refractivity contribution in [3.05, 3.63) is 34.9 Å². The van der Waals surface area contributed by atoms with Crippen molar-refractivity contribution in [2.45, 2.75) is 33.1 Å². The van der Waals surface area contributed by atoms with Gasteiger partial charge < -0.3 is 5.11 Å². The summed E-state index contributed by atoms with van der Waals surface area (Å²) in [4.78, 5) is 11.1. The van der Waals surface area contributed by atoms with Crippen molar-refractivity contribution < 1.29 is 9.90 Å². The monoisotopic (exact) mass is 204 g/mol. The van der Waals surface area contributed by atoms with Crippen LogP contribution in [0.15, 0.2) is 18.2 Å². The molecule has 0 spiro atoms. The average molecular weight is 204 g/mol. The Hall–Kier alpha value is -1.31. The van der Waals surface area contributed by atoms with E-state index in [0.29, 0.717) is 6.42 Å². The van der Waals surface area contributed by atoms with E-state index in [9.17, 15) is 4.79 Å². The van der Waals surface area contributed by atoms with Crippen molar-refractivity contribution in [1.82, 2.24) is 0 Å². The standard InChI is InChI=1S/C13H16O2/c1-9-3-4-11(10(2)7-9)8-13(5-6-13)12(14)15/h3-4,7H,5-6,8H2,1-2H3,(H,14,15). The molecule has 2 rings (SSSR count). The highest BCUT2D eigenvalue weighted by molar-refractivity contribution is 5.78. The third kappa shape index (κ3) is 1.89. The van der Waals surface area contributed by atoms with Crippen molar-refractivity contribution in [1.29, 1.82) is 0 Å². The maximum absolute atomic E-state index is 11.1. The lowest BCUT2D eigenvalue weighted by atomic mass is 9.93. The average Bonchev–Trinajstić information content (AvgIpc) is 2.91. The van der Waals surface area contributed by atoms with E-state index in [4.69, 9.17) is 5.11 Å². The highest BCUT2D eigenvalue weighted by atomic mass is 16.4. The van der Waals surface area contributed by atoms with E-state index in [-0.39, 0.29) is 0 Å². The summed E-state index contributed by atoms with van der Waals surface area (Å²) >= 11 is 0. The second-order valence-electron chi connectivity index (χ2n) is 4.69. The van der Waals surface area contributed by atoms with Crippen LogP contribution in [0.25, 0.3) is 0 Å². The molecule has 1 fully saturated rings. The first-order valence-corrected chi connectivity index (χ1v) is 5.33. The molecule has 1 aliphatic carbocycles. The smallest absolute Gasteiger partial charge is 0.309 e. The summed E-state index contributed by atoms with van der Waals surface area (Å²) in [5.41, 5.74) is 3.18. The molecule has 0 aliphatic heterocycles. The van der Waals surface area contributed by atoms with Crippen LogP contribution in [0.3, 0.4) is 0 Å². The first-order chi connectivity index (χ1) is 7.03. The van der Waals surface area contributed by atoms with Gasteiger partial charge in [-0.3, -0.25) is 4.79 Å². The Morgan fingerprint density at radius 2 is 2.07 bits per heavy atom. The molecule has 1 aromatic rings. The zero-order valence-corrected chi connectivity index (χ0v) is 9.21. The molecule has 0 radical (unpaired) electrons. The molecular weight excluding hydrogens is 188 g/mol. The minimum atomic E-state index is -0.637. The summed E-state index contributed by atoms with van der Waals surface area (Å²) in [5.74, 6) is -0.637. The fraction of sp³-hybridized carbons (Fsp3) is 0.462. The molecule has 1 aliphatic rings. The summed E-state index contributed by atoms with van der Waals surface area (Å²) in [6, 6.07) is 6.24. The molecule has 0 aromatic heterocycles. The number of rotatable bonds is 3. The SMILES string of the molecule is Cc1ccc(CC2(C(=O)O)CC2)c(C)c1.